The molecule has 1 heteroatoms. The van der Waals surface area contributed by atoms with Crippen LogP contribution in [-0.2, 0) is 4.79 Å². The van der Waals surface area contributed by atoms with Gasteiger partial charge in [-0.2, -0.15) is 0 Å². The first-order valence-corrected chi connectivity index (χ1v) is 2.84. The topological polar surface area (TPSA) is 17.1 Å². The minimum atomic E-state index is 0.828. The van der Waals surface area contributed by atoms with Gasteiger partial charge in [0.1, 0.15) is 0 Å². The van der Waals surface area contributed by atoms with E-state index in [0.29, 0.717) is 0 Å². The Morgan fingerprint density at radius 2 is 2.33 bits per heavy atom. The molecule has 1 radical (unpaired) electrons. The Morgan fingerprint density at radius 1 is 1.56 bits per heavy atom. The lowest BCUT2D eigenvalue weighted by Gasteiger charge is -1.77. The van der Waals surface area contributed by atoms with Gasteiger partial charge in [0.2, 0.25) is 6.29 Å². The second-order valence-corrected chi connectivity index (χ2v) is 1.49. The molecule has 0 rings (SSSR count). The van der Waals surface area contributed by atoms with Gasteiger partial charge in [0.25, 0.3) is 0 Å². The van der Waals surface area contributed by atoms with E-state index in [1.165, 1.54) is 6.08 Å². The second kappa shape index (κ2) is 6.97. The summed E-state index contributed by atoms with van der Waals surface area (Å²) >= 11 is 0. The van der Waals surface area contributed by atoms with Crippen LogP contribution in [0.4, 0.5) is 0 Å². The predicted molar refractivity (Wildman–Crippen MR) is 37.5 cm³/mol. The minimum absolute atomic E-state index is 0.828. The smallest absolute Gasteiger partial charge is 0.225 e. The molecule has 0 aromatic rings. The van der Waals surface area contributed by atoms with Gasteiger partial charge in [0.15, 0.2) is 0 Å². The number of allylic oxidation sites excluding steroid dienone is 2. The van der Waals surface area contributed by atoms with Crippen LogP contribution in [0.2, 0.25) is 0 Å². The molecule has 0 amide bonds. The molecular formula is C8H9O. The van der Waals surface area contributed by atoms with Gasteiger partial charge >= 0.3 is 0 Å². The molecule has 0 fully saturated rings. The minimum Gasteiger partial charge on any atom is -0.286 e. The first-order chi connectivity index (χ1) is 4.41. The first kappa shape index (κ1) is 7.97. The van der Waals surface area contributed by atoms with Crippen LogP contribution in [0.25, 0.3) is 0 Å². The third kappa shape index (κ3) is 6.97. The largest absolute Gasteiger partial charge is 0.286 e. The zero-order valence-corrected chi connectivity index (χ0v) is 5.48. The third-order valence-electron chi connectivity index (χ3n) is 0.799. The van der Waals surface area contributed by atoms with E-state index in [4.69, 9.17) is 0 Å². The fraction of sp³-hybridized carbons (Fsp3) is 0.375. The molecule has 0 aromatic heterocycles. The van der Waals surface area contributed by atoms with Crippen molar-refractivity contribution in [2.75, 3.05) is 0 Å². The van der Waals surface area contributed by atoms with Gasteiger partial charge in [-0.25, -0.2) is 0 Å². The van der Waals surface area contributed by atoms with Gasteiger partial charge in [-0.3, -0.25) is 4.79 Å². The maximum atomic E-state index is 9.59. The van der Waals surface area contributed by atoms with Crippen LogP contribution in [0.15, 0.2) is 12.2 Å². The van der Waals surface area contributed by atoms with Crippen LogP contribution < -0.4 is 0 Å². The lowest BCUT2D eigenvalue weighted by molar-refractivity contribution is 0.564. The van der Waals surface area contributed by atoms with Crippen molar-refractivity contribution < 1.29 is 4.79 Å². The monoisotopic (exact) mass is 121 g/mol. The van der Waals surface area contributed by atoms with Crippen LogP contribution >= 0.6 is 0 Å². The third-order valence-corrected chi connectivity index (χ3v) is 0.799. The molecule has 0 atom stereocenters. The Morgan fingerprint density at radius 3 is 2.89 bits per heavy atom. The van der Waals surface area contributed by atoms with Crippen molar-refractivity contribution in [3.05, 3.63) is 12.2 Å². The molecule has 0 spiro atoms. The molecule has 0 aliphatic carbocycles. The molecule has 0 N–H and O–H groups in total. The molecule has 47 valence electrons. The number of hydrogen-bond donors (Lipinski definition) is 0. The molecule has 0 aliphatic heterocycles. The second-order valence-electron chi connectivity index (χ2n) is 1.49. The van der Waals surface area contributed by atoms with Crippen molar-refractivity contribution in [2.24, 2.45) is 0 Å². The van der Waals surface area contributed by atoms with Crippen molar-refractivity contribution in [3.63, 3.8) is 0 Å². The zero-order chi connectivity index (χ0) is 6.95. The Hall–Kier alpha value is -1.03. The average Bonchev–Trinajstić information content (AvgIpc) is 1.89. The number of unbranched alkanes of at least 4 members (excludes halogenated alkanes) is 1. The number of hydrogen-bond acceptors (Lipinski definition) is 1. The molecule has 0 heterocycles. The summed E-state index contributed by atoms with van der Waals surface area (Å²) in [4.78, 5) is 9.59. The van der Waals surface area contributed by atoms with Crippen LogP contribution in [-0.4, -0.2) is 6.29 Å². The summed E-state index contributed by atoms with van der Waals surface area (Å²) in [5.41, 5.74) is 0. The normalized spacial score (nSPS) is 8.56. The van der Waals surface area contributed by atoms with E-state index in [2.05, 4.69) is 11.8 Å². The Bertz CT molecular complexity index is 146. The molecular weight excluding hydrogens is 112 g/mol. The zero-order valence-electron chi connectivity index (χ0n) is 5.48. The highest BCUT2D eigenvalue weighted by atomic mass is 16.1. The molecule has 0 bridgehead atoms. The van der Waals surface area contributed by atoms with Gasteiger partial charge in [0, 0.05) is 6.42 Å². The van der Waals surface area contributed by atoms with Crippen LogP contribution in [0.1, 0.15) is 19.8 Å². The van der Waals surface area contributed by atoms with Crippen molar-refractivity contribution in [2.45, 2.75) is 19.8 Å². The SMILES string of the molecule is CC#CCCC=C[C]=O. The lowest BCUT2D eigenvalue weighted by Crippen LogP contribution is -1.64. The van der Waals surface area contributed by atoms with Crippen LogP contribution in [0.3, 0.4) is 0 Å². The fourth-order valence-electron chi connectivity index (χ4n) is 0.412. The van der Waals surface area contributed by atoms with E-state index in [1.807, 2.05) is 0 Å². The van der Waals surface area contributed by atoms with Crippen LogP contribution in [0.5, 0.6) is 0 Å². The van der Waals surface area contributed by atoms with Gasteiger partial charge in [-0.1, -0.05) is 6.08 Å². The summed E-state index contributed by atoms with van der Waals surface area (Å²) in [6.45, 7) is 1.80. The van der Waals surface area contributed by atoms with Crippen molar-refractivity contribution in [1.82, 2.24) is 0 Å². The number of rotatable bonds is 3. The van der Waals surface area contributed by atoms with E-state index in [9.17, 15) is 4.79 Å². The Balaban J connectivity index is 3.15. The van der Waals surface area contributed by atoms with Gasteiger partial charge in [0.05, 0.1) is 0 Å². The Labute approximate surface area is 55.8 Å². The maximum absolute atomic E-state index is 9.59. The maximum Gasteiger partial charge on any atom is 0.225 e. The van der Waals surface area contributed by atoms with E-state index in [0.717, 1.165) is 12.8 Å². The molecule has 0 aromatic carbocycles. The molecule has 0 saturated carbocycles. The highest BCUT2D eigenvalue weighted by molar-refractivity contribution is 5.65. The standard InChI is InChI=1S/C8H9O/c1-2-3-4-5-6-7-8-9/h6-7H,4-5H2,1H3. The summed E-state index contributed by atoms with van der Waals surface area (Å²) in [7, 11) is 0. The average molecular weight is 121 g/mol. The number of carbonyl (C=O) groups excluding carboxylic acids is 1. The fourth-order valence-corrected chi connectivity index (χ4v) is 0.412. The lowest BCUT2D eigenvalue weighted by atomic mass is 10.3. The molecule has 9 heavy (non-hydrogen) atoms. The summed E-state index contributed by atoms with van der Waals surface area (Å²) in [6, 6.07) is 0. The van der Waals surface area contributed by atoms with Gasteiger partial charge in [-0.15, -0.1) is 11.8 Å². The van der Waals surface area contributed by atoms with E-state index in [1.54, 1.807) is 19.3 Å². The van der Waals surface area contributed by atoms with E-state index in [-0.39, 0.29) is 0 Å². The van der Waals surface area contributed by atoms with Gasteiger partial charge < -0.3 is 0 Å². The molecule has 0 saturated heterocycles. The van der Waals surface area contributed by atoms with E-state index >= 15 is 0 Å². The van der Waals surface area contributed by atoms with Crippen molar-refractivity contribution in [1.29, 1.82) is 0 Å². The summed E-state index contributed by atoms with van der Waals surface area (Å²) in [6.07, 6.45) is 6.47. The van der Waals surface area contributed by atoms with Crippen LogP contribution in [0, 0.1) is 11.8 Å². The highest BCUT2D eigenvalue weighted by Gasteiger charge is 1.72. The molecule has 0 unspecified atom stereocenters. The molecule has 1 nitrogen and oxygen atoms in total. The van der Waals surface area contributed by atoms with Crippen molar-refractivity contribution >= 4 is 6.29 Å². The quantitative estimate of drug-likeness (QED) is 0.314. The first-order valence-electron chi connectivity index (χ1n) is 2.84. The van der Waals surface area contributed by atoms with E-state index < -0.39 is 0 Å². The Kier molecular flexibility index (Phi) is 6.17. The predicted octanol–water partition coefficient (Wildman–Crippen LogP) is 1.46. The highest BCUT2D eigenvalue weighted by Crippen LogP contribution is 1.86. The summed E-state index contributed by atoms with van der Waals surface area (Å²) in [5, 5.41) is 0. The summed E-state index contributed by atoms with van der Waals surface area (Å²) < 4.78 is 0. The summed E-state index contributed by atoms with van der Waals surface area (Å²) in [5.74, 6) is 5.64. The van der Waals surface area contributed by atoms with Crippen molar-refractivity contribution in [3.8, 4) is 11.8 Å². The molecule has 0 aliphatic rings. The van der Waals surface area contributed by atoms with Gasteiger partial charge in [-0.05, 0) is 19.4 Å².